The van der Waals surface area contributed by atoms with Gasteiger partial charge in [0.15, 0.2) is 0 Å². The first kappa shape index (κ1) is 36.4. The molecule has 0 aromatic heterocycles. The Morgan fingerprint density at radius 2 is 1.49 bits per heavy atom. The summed E-state index contributed by atoms with van der Waals surface area (Å²) in [5.41, 5.74) is 4.45. The van der Waals surface area contributed by atoms with E-state index in [-0.39, 0.29) is 18.1 Å². The maximum Gasteiger partial charge on any atom is 0.411 e. The van der Waals surface area contributed by atoms with Crippen molar-refractivity contribution >= 4 is 23.8 Å². The second-order valence-corrected chi connectivity index (χ2v) is 15.5. The van der Waals surface area contributed by atoms with Crippen molar-refractivity contribution < 1.29 is 23.9 Å². The zero-order valence-corrected chi connectivity index (χ0v) is 30.6. The predicted molar refractivity (Wildman–Crippen MR) is 200 cm³/mol. The van der Waals surface area contributed by atoms with Gasteiger partial charge in [-0.1, -0.05) is 60.7 Å². The Kier molecular flexibility index (Phi) is 11.3. The van der Waals surface area contributed by atoms with Crippen LogP contribution < -0.4 is 5.32 Å². The topological polar surface area (TPSA) is 94.7 Å². The highest BCUT2D eigenvalue weighted by Crippen LogP contribution is 2.41. The van der Waals surface area contributed by atoms with E-state index in [0.717, 1.165) is 94.9 Å². The third kappa shape index (κ3) is 9.68. The van der Waals surface area contributed by atoms with Crippen molar-refractivity contribution in [2.45, 2.75) is 64.7 Å². The molecule has 10 nitrogen and oxygen atoms in total. The van der Waals surface area contributed by atoms with Crippen molar-refractivity contribution in [3.63, 3.8) is 0 Å². The lowest BCUT2D eigenvalue weighted by Gasteiger charge is -2.54. The molecule has 0 unspecified atom stereocenters. The Labute approximate surface area is 302 Å². The minimum atomic E-state index is -0.468. The molecule has 0 bridgehead atoms. The lowest BCUT2D eigenvalue weighted by atomic mass is 9.72. The number of piperidine rings is 2. The fraction of sp³-hybridized carbons (Fsp3) is 0.488. The number of anilines is 1. The van der Waals surface area contributed by atoms with Crippen LogP contribution in [-0.4, -0.2) is 109 Å². The molecule has 3 aromatic rings. The number of likely N-dealkylation sites (N-methyl/N-ethyl adjacent to an activating group) is 1. The second kappa shape index (κ2) is 15.9. The Hall–Kier alpha value is -4.41. The van der Waals surface area contributed by atoms with Crippen molar-refractivity contribution in [2.75, 3.05) is 64.7 Å². The molecule has 6 rings (SSSR count). The molecule has 3 aliphatic rings. The summed E-state index contributed by atoms with van der Waals surface area (Å²) in [5, 5.41) is 2.94. The molecule has 1 N–H and O–H groups in total. The summed E-state index contributed by atoms with van der Waals surface area (Å²) in [5.74, 6) is 0.0203. The monoisotopic (exact) mass is 695 g/mol. The van der Waals surface area contributed by atoms with E-state index in [2.05, 4.69) is 27.2 Å². The number of likely N-dealkylation sites (tertiary alicyclic amines) is 3. The normalized spacial score (nSPS) is 18.2. The fourth-order valence-electron chi connectivity index (χ4n) is 7.45. The van der Waals surface area contributed by atoms with E-state index in [1.165, 1.54) is 5.56 Å². The van der Waals surface area contributed by atoms with Crippen LogP contribution in [0.3, 0.4) is 0 Å². The lowest BCUT2D eigenvalue weighted by Crippen LogP contribution is -2.60. The quantitative estimate of drug-likeness (QED) is 0.259. The van der Waals surface area contributed by atoms with Gasteiger partial charge >= 0.3 is 12.2 Å². The maximum atomic E-state index is 13.2. The van der Waals surface area contributed by atoms with E-state index in [9.17, 15) is 14.4 Å². The molecule has 0 atom stereocenters. The van der Waals surface area contributed by atoms with Gasteiger partial charge in [-0.25, -0.2) is 9.59 Å². The number of benzene rings is 3. The number of rotatable bonds is 9. The van der Waals surface area contributed by atoms with Crippen LogP contribution in [0.5, 0.6) is 0 Å². The molecule has 3 heterocycles. The minimum Gasteiger partial charge on any atom is -0.446 e. The van der Waals surface area contributed by atoms with Crippen LogP contribution >= 0.6 is 0 Å². The highest BCUT2D eigenvalue weighted by atomic mass is 16.6. The number of hydrogen-bond donors (Lipinski definition) is 1. The van der Waals surface area contributed by atoms with Gasteiger partial charge in [-0.15, -0.1) is 0 Å². The number of carbonyl (C=O) groups is 3. The number of nitrogens with zero attached hydrogens (tertiary/aromatic N) is 4. The molecule has 3 amide bonds. The van der Waals surface area contributed by atoms with Crippen molar-refractivity contribution in [3.05, 3.63) is 90.0 Å². The molecule has 0 aliphatic carbocycles. The molecule has 3 aliphatic heterocycles. The molecule has 1 spiro atoms. The number of amides is 3. The molecule has 3 fully saturated rings. The lowest BCUT2D eigenvalue weighted by molar-refractivity contribution is -0.0550. The van der Waals surface area contributed by atoms with Crippen LogP contribution in [0.2, 0.25) is 0 Å². The van der Waals surface area contributed by atoms with Crippen LogP contribution in [0.25, 0.3) is 11.1 Å². The Morgan fingerprint density at radius 1 is 0.843 bits per heavy atom. The summed E-state index contributed by atoms with van der Waals surface area (Å²) in [6.45, 7) is 13.2. The van der Waals surface area contributed by atoms with Crippen LogP contribution in [0, 0.1) is 5.41 Å². The van der Waals surface area contributed by atoms with E-state index in [1.807, 2.05) is 99.4 Å². The SMILES string of the molecule is CN(CCN1CCC(OC(=O)Nc2ccccc2-c2ccccc2)CC1)C(=O)c1ccc(CN2CC3(CCN(C(=O)OC(C)(C)C)CC3)C2)cc1. The minimum absolute atomic E-state index is 0.0203. The average Bonchev–Trinajstić information content (AvgIpc) is 3.10. The molecule has 51 heavy (non-hydrogen) atoms. The van der Waals surface area contributed by atoms with Gasteiger partial charge in [-0.05, 0) is 81.2 Å². The zero-order valence-electron chi connectivity index (χ0n) is 30.6. The molecule has 0 radical (unpaired) electrons. The molecule has 3 aromatic carbocycles. The predicted octanol–water partition coefficient (Wildman–Crippen LogP) is 6.97. The number of hydrogen-bond acceptors (Lipinski definition) is 7. The highest BCUT2D eigenvalue weighted by molar-refractivity contribution is 5.94. The van der Waals surface area contributed by atoms with Crippen LogP contribution in [0.4, 0.5) is 15.3 Å². The molecule has 10 heteroatoms. The molecule has 272 valence electrons. The van der Waals surface area contributed by atoms with Crippen LogP contribution in [-0.2, 0) is 16.0 Å². The largest absolute Gasteiger partial charge is 0.446 e. The smallest absolute Gasteiger partial charge is 0.411 e. The van der Waals surface area contributed by atoms with Gasteiger partial charge in [0.05, 0.1) is 5.69 Å². The third-order valence-corrected chi connectivity index (χ3v) is 10.4. The Bertz CT molecular complexity index is 1630. The second-order valence-electron chi connectivity index (χ2n) is 15.5. The third-order valence-electron chi connectivity index (χ3n) is 10.4. The number of nitrogens with one attached hydrogen (secondary N) is 1. The number of para-hydroxylation sites is 1. The van der Waals surface area contributed by atoms with Gasteiger partial charge in [0.25, 0.3) is 5.91 Å². The summed E-state index contributed by atoms with van der Waals surface area (Å²) < 4.78 is 11.3. The van der Waals surface area contributed by atoms with Gasteiger partial charge in [-0.3, -0.25) is 15.0 Å². The van der Waals surface area contributed by atoms with E-state index >= 15 is 0 Å². The van der Waals surface area contributed by atoms with Gasteiger partial charge in [0.2, 0.25) is 0 Å². The number of ether oxygens (including phenoxy) is 2. The van der Waals surface area contributed by atoms with Crippen LogP contribution in [0.15, 0.2) is 78.9 Å². The fourth-order valence-corrected chi connectivity index (χ4v) is 7.45. The maximum absolute atomic E-state index is 13.2. The van der Waals surface area contributed by atoms with Gasteiger partial charge in [-0.2, -0.15) is 0 Å². The first-order valence-electron chi connectivity index (χ1n) is 18.3. The standard InChI is InChI=1S/C41H53N5O5/c1-40(2,3)51-39(49)46-24-20-41(21-25-46)29-45(30-41)28-31-14-16-33(17-15-31)37(47)43(4)26-27-44-22-18-34(19-23-44)50-38(48)42-36-13-9-8-12-35(36)32-10-6-5-7-11-32/h5-17,34H,18-30H2,1-4H3,(H,42,48). The average molecular weight is 696 g/mol. The van der Waals surface area contributed by atoms with Crippen molar-refractivity contribution in [3.8, 4) is 11.1 Å². The van der Waals surface area contributed by atoms with E-state index in [0.29, 0.717) is 17.5 Å². The highest BCUT2D eigenvalue weighted by Gasteiger charge is 2.45. The van der Waals surface area contributed by atoms with Gasteiger partial charge in [0, 0.05) is 77.1 Å². The first-order chi connectivity index (χ1) is 24.5. The summed E-state index contributed by atoms with van der Waals surface area (Å²) in [7, 11) is 1.86. The van der Waals surface area contributed by atoms with E-state index in [1.54, 1.807) is 4.90 Å². The summed E-state index contributed by atoms with van der Waals surface area (Å²) in [6, 6.07) is 25.7. The van der Waals surface area contributed by atoms with Crippen molar-refractivity contribution in [1.82, 2.24) is 19.6 Å². The number of carbonyl (C=O) groups excluding carboxylic acids is 3. The van der Waals surface area contributed by atoms with Gasteiger partial charge < -0.3 is 24.2 Å². The molecule has 3 saturated heterocycles. The Balaban J connectivity index is 0.873. The zero-order chi connectivity index (χ0) is 36.0. The van der Waals surface area contributed by atoms with E-state index in [4.69, 9.17) is 9.47 Å². The molecular formula is C41H53N5O5. The molecular weight excluding hydrogens is 642 g/mol. The summed E-state index contributed by atoms with van der Waals surface area (Å²) in [4.78, 5) is 46.8. The van der Waals surface area contributed by atoms with E-state index < -0.39 is 11.7 Å². The summed E-state index contributed by atoms with van der Waals surface area (Å²) >= 11 is 0. The molecule has 0 saturated carbocycles. The van der Waals surface area contributed by atoms with Crippen molar-refractivity contribution in [2.24, 2.45) is 5.41 Å². The Morgan fingerprint density at radius 3 is 2.16 bits per heavy atom. The first-order valence-corrected chi connectivity index (χ1v) is 18.3. The van der Waals surface area contributed by atoms with Crippen LogP contribution in [0.1, 0.15) is 62.4 Å². The van der Waals surface area contributed by atoms with Gasteiger partial charge in [0.1, 0.15) is 11.7 Å². The summed E-state index contributed by atoms with van der Waals surface area (Å²) in [6.07, 6.45) is 2.77. The van der Waals surface area contributed by atoms with Crippen molar-refractivity contribution in [1.29, 1.82) is 0 Å².